The van der Waals surface area contributed by atoms with Crippen molar-refractivity contribution >= 4 is 6.01 Å². The van der Waals surface area contributed by atoms with Crippen LogP contribution in [0.2, 0.25) is 0 Å². The van der Waals surface area contributed by atoms with Crippen LogP contribution in [-0.2, 0) is 6.54 Å². The summed E-state index contributed by atoms with van der Waals surface area (Å²) in [7, 11) is 0. The van der Waals surface area contributed by atoms with Gasteiger partial charge in [0, 0.05) is 13.1 Å². The summed E-state index contributed by atoms with van der Waals surface area (Å²) in [6.07, 6.45) is 4.06. The lowest BCUT2D eigenvalue weighted by molar-refractivity contribution is 0.312. The molecular formula is C12H22N4O. The number of hydrogen-bond acceptors (Lipinski definition) is 5. The van der Waals surface area contributed by atoms with E-state index in [1.807, 2.05) is 0 Å². The van der Waals surface area contributed by atoms with Crippen molar-refractivity contribution in [2.24, 2.45) is 5.92 Å². The van der Waals surface area contributed by atoms with Gasteiger partial charge in [0.05, 0.1) is 6.54 Å². The number of hydrogen-bond donors (Lipinski definition) is 1. The van der Waals surface area contributed by atoms with Crippen LogP contribution < -0.4 is 10.2 Å². The van der Waals surface area contributed by atoms with Gasteiger partial charge in [0.2, 0.25) is 5.89 Å². The fourth-order valence-electron chi connectivity index (χ4n) is 2.01. The lowest BCUT2D eigenvalue weighted by Crippen LogP contribution is -2.32. The Labute approximate surface area is 103 Å². The molecule has 0 aliphatic heterocycles. The molecule has 1 aromatic heterocycles. The molecule has 0 radical (unpaired) electrons. The molecule has 1 heterocycles. The fraction of sp³-hybridized carbons (Fsp3) is 0.833. The SMILES string of the molecule is CCNCc1nnc(N(CC)CC2CCC2)o1. The molecule has 0 aromatic carbocycles. The predicted octanol–water partition coefficient (Wildman–Crippen LogP) is 1.81. The maximum absolute atomic E-state index is 5.65. The highest BCUT2D eigenvalue weighted by Gasteiger charge is 2.22. The molecule has 2 rings (SSSR count). The van der Waals surface area contributed by atoms with Crippen molar-refractivity contribution in [1.29, 1.82) is 0 Å². The summed E-state index contributed by atoms with van der Waals surface area (Å²) >= 11 is 0. The van der Waals surface area contributed by atoms with Crippen molar-refractivity contribution in [3.05, 3.63) is 5.89 Å². The van der Waals surface area contributed by atoms with Crippen LogP contribution in [0.15, 0.2) is 4.42 Å². The standard InChI is InChI=1S/C12H22N4O/c1-3-13-8-11-14-15-12(17-11)16(4-2)9-10-6-5-7-10/h10,13H,3-9H2,1-2H3. The van der Waals surface area contributed by atoms with Gasteiger partial charge in [-0.25, -0.2) is 0 Å². The average molecular weight is 238 g/mol. The summed E-state index contributed by atoms with van der Waals surface area (Å²) in [5, 5.41) is 11.4. The van der Waals surface area contributed by atoms with Crippen LogP contribution in [0.25, 0.3) is 0 Å². The van der Waals surface area contributed by atoms with Gasteiger partial charge in [-0.05, 0) is 32.2 Å². The second-order valence-electron chi connectivity index (χ2n) is 4.59. The first-order chi connectivity index (χ1) is 8.33. The molecule has 17 heavy (non-hydrogen) atoms. The van der Waals surface area contributed by atoms with Crippen LogP contribution in [-0.4, -0.2) is 29.8 Å². The van der Waals surface area contributed by atoms with Gasteiger partial charge >= 0.3 is 6.01 Å². The molecule has 0 saturated heterocycles. The van der Waals surface area contributed by atoms with E-state index in [4.69, 9.17) is 4.42 Å². The van der Waals surface area contributed by atoms with Gasteiger partial charge in [-0.1, -0.05) is 18.4 Å². The molecule has 1 aromatic rings. The largest absolute Gasteiger partial charge is 0.407 e. The molecule has 1 N–H and O–H groups in total. The molecule has 5 nitrogen and oxygen atoms in total. The van der Waals surface area contributed by atoms with Gasteiger partial charge in [-0.2, -0.15) is 0 Å². The van der Waals surface area contributed by atoms with E-state index in [2.05, 4.69) is 34.3 Å². The molecule has 96 valence electrons. The van der Waals surface area contributed by atoms with Gasteiger partial charge in [-0.3, -0.25) is 0 Å². The van der Waals surface area contributed by atoms with E-state index in [-0.39, 0.29) is 0 Å². The third-order valence-electron chi connectivity index (χ3n) is 3.34. The third-order valence-corrected chi connectivity index (χ3v) is 3.34. The molecule has 0 bridgehead atoms. The number of aromatic nitrogens is 2. The van der Waals surface area contributed by atoms with Crippen LogP contribution in [0.3, 0.4) is 0 Å². The van der Waals surface area contributed by atoms with Crippen LogP contribution in [0, 0.1) is 5.92 Å². The molecule has 5 heteroatoms. The molecule has 1 aliphatic rings. The highest BCUT2D eigenvalue weighted by Crippen LogP contribution is 2.28. The lowest BCUT2D eigenvalue weighted by atomic mass is 9.85. The van der Waals surface area contributed by atoms with Gasteiger partial charge in [-0.15, -0.1) is 5.10 Å². The molecule has 1 fully saturated rings. The highest BCUT2D eigenvalue weighted by molar-refractivity contribution is 5.23. The minimum absolute atomic E-state index is 0.657. The minimum atomic E-state index is 0.657. The Morgan fingerprint density at radius 3 is 2.76 bits per heavy atom. The monoisotopic (exact) mass is 238 g/mol. The Bertz CT molecular complexity index is 335. The number of rotatable bonds is 7. The minimum Gasteiger partial charge on any atom is -0.407 e. The Balaban J connectivity index is 1.90. The summed E-state index contributed by atoms with van der Waals surface area (Å²) in [6.45, 7) is 7.75. The van der Waals surface area contributed by atoms with E-state index in [1.54, 1.807) is 0 Å². The second-order valence-corrected chi connectivity index (χ2v) is 4.59. The Morgan fingerprint density at radius 2 is 2.18 bits per heavy atom. The van der Waals surface area contributed by atoms with Gasteiger partial charge < -0.3 is 14.6 Å². The first-order valence-electron chi connectivity index (χ1n) is 6.61. The van der Waals surface area contributed by atoms with Crippen LogP contribution in [0.1, 0.15) is 39.0 Å². The van der Waals surface area contributed by atoms with E-state index >= 15 is 0 Å². The maximum atomic E-state index is 5.65. The van der Waals surface area contributed by atoms with E-state index in [0.717, 1.165) is 25.6 Å². The highest BCUT2D eigenvalue weighted by atomic mass is 16.4. The molecular weight excluding hydrogens is 216 g/mol. The van der Waals surface area contributed by atoms with Gasteiger partial charge in [0.25, 0.3) is 0 Å². The first kappa shape index (κ1) is 12.4. The quantitative estimate of drug-likeness (QED) is 0.785. The van der Waals surface area contributed by atoms with Crippen molar-refractivity contribution in [2.45, 2.75) is 39.7 Å². The molecule has 0 amide bonds. The van der Waals surface area contributed by atoms with E-state index in [0.29, 0.717) is 18.5 Å². The van der Waals surface area contributed by atoms with Gasteiger partial charge in [0.15, 0.2) is 0 Å². The Kier molecular flexibility index (Phi) is 4.36. The van der Waals surface area contributed by atoms with Crippen molar-refractivity contribution in [2.75, 3.05) is 24.5 Å². The van der Waals surface area contributed by atoms with Crippen LogP contribution in [0.5, 0.6) is 0 Å². The zero-order valence-corrected chi connectivity index (χ0v) is 10.8. The predicted molar refractivity (Wildman–Crippen MR) is 66.9 cm³/mol. The van der Waals surface area contributed by atoms with Crippen molar-refractivity contribution in [3.8, 4) is 0 Å². The van der Waals surface area contributed by atoms with Crippen LogP contribution in [0.4, 0.5) is 6.01 Å². The van der Waals surface area contributed by atoms with Crippen molar-refractivity contribution < 1.29 is 4.42 Å². The number of nitrogens with zero attached hydrogens (tertiary/aromatic N) is 3. The Hall–Kier alpha value is -1.10. The summed E-state index contributed by atoms with van der Waals surface area (Å²) in [5.41, 5.74) is 0. The van der Waals surface area contributed by atoms with Crippen molar-refractivity contribution in [3.63, 3.8) is 0 Å². The molecule has 0 unspecified atom stereocenters. The normalized spacial score (nSPS) is 15.9. The molecule has 1 aliphatic carbocycles. The van der Waals surface area contributed by atoms with E-state index in [9.17, 15) is 0 Å². The average Bonchev–Trinajstić information content (AvgIpc) is 2.74. The lowest BCUT2D eigenvalue weighted by Gasteiger charge is -2.30. The maximum Gasteiger partial charge on any atom is 0.318 e. The number of anilines is 1. The van der Waals surface area contributed by atoms with Gasteiger partial charge in [0.1, 0.15) is 0 Å². The summed E-state index contributed by atoms with van der Waals surface area (Å²) < 4.78 is 5.65. The number of nitrogens with one attached hydrogen (secondary N) is 1. The molecule has 0 atom stereocenters. The zero-order valence-electron chi connectivity index (χ0n) is 10.8. The van der Waals surface area contributed by atoms with E-state index < -0.39 is 0 Å². The van der Waals surface area contributed by atoms with Crippen LogP contribution >= 0.6 is 0 Å². The fourth-order valence-corrected chi connectivity index (χ4v) is 2.01. The zero-order chi connectivity index (χ0) is 12.1. The topological polar surface area (TPSA) is 54.2 Å². The summed E-state index contributed by atoms with van der Waals surface area (Å²) in [6, 6.07) is 0.673. The summed E-state index contributed by atoms with van der Waals surface area (Å²) in [5.74, 6) is 1.49. The molecule has 1 saturated carbocycles. The third kappa shape index (κ3) is 3.19. The molecule has 0 spiro atoms. The van der Waals surface area contributed by atoms with Crippen molar-refractivity contribution in [1.82, 2.24) is 15.5 Å². The second kappa shape index (κ2) is 6.00. The Morgan fingerprint density at radius 1 is 1.35 bits per heavy atom. The smallest absolute Gasteiger partial charge is 0.318 e. The summed E-state index contributed by atoms with van der Waals surface area (Å²) in [4.78, 5) is 2.19. The first-order valence-corrected chi connectivity index (χ1v) is 6.61. The van der Waals surface area contributed by atoms with E-state index in [1.165, 1.54) is 19.3 Å².